The van der Waals surface area contributed by atoms with Gasteiger partial charge in [-0.3, -0.25) is 14.3 Å². The number of Topliss-reactive ketones (excluding diaryl/α,β-unsaturated/α-hetero) is 1. The van der Waals surface area contributed by atoms with E-state index in [0.717, 1.165) is 19.1 Å². The van der Waals surface area contributed by atoms with E-state index in [1.807, 2.05) is 0 Å². The van der Waals surface area contributed by atoms with Gasteiger partial charge in [0, 0.05) is 24.3 Å². The summed E-state index contributed by atoms with van der Waals surface area (Å²) in [5.41, 5.74) is 0.217. The molecule has 0 saturated heterocycles. The molecule has 0 heterocycles. The number of anilines is 1. The summed E-state index contributed by atoms with van der Waals surface area (Å²) in [6.45, 7) is 1.07. The Bertz CT molecular complexity index is 1060. The molecule has 2 aromatic rings. The summed E-state index contributed by atoms with van der Waals surface area (Å²) in [6, 6.07) is 7.91. The zero-order valence-corrected chi connectivity index (χ0v) is 16.7. The highest BCUT2D eigenvalue weighted by Gasteiger charge is 2.20. The first-order valence-corrected chi connectivity index (χ1v) is 9.86. The second-order valence-corrected chi connectivity index (χ2v) is 8.21. The fourth-order valence-corrected chi connectivity index (χ4v) is 4.02. The normalized spacial score (nSPS) is 11.9. The van der Waals surface area contributed by atoms with Crippen molar-refractivity contribution in [3.05, 3.63) is 63.1 Å². The maximum Gasteiger partial charge on any atom is 0.263 e. The van der Waals surface area contributed by atoms with Gasteiger partial charge in [-0.1, -0.05) is 46.9 Å². The molecule has 0 aliphatic heterocycles. The Morgan fingerprint density at radius 1 is 1.04 bits per heavy atom. The molecule has 6 nitrogen and oxygen atoms in total. The van der Waals surface area contributed by atoms with Crippen molar-refractivity contribution in [2.24, 2.45) is 0 Å². The van der Waals surface area contributed by atoms with Crippen molar-refractivity contribution in [3.8, 4) is 0 Å². The minimum Gasteiger partial charge on any atom is -0.507 e. The molecule has 0 unspecified atom stereocenters. The Morgan fingerprint density at radius 2 is 1.67 bits per heavy atom. The summed E-state index contributed by atoms with van der Waals surface area (Å²) >= 11 is 17.6. The van der Waals surface area contributed by atoms with Crippen LogP contribution >= 0.6 is 34.8 Å². The zero-order chi connectivity index (χ0) is 20.4. The molecule has 10 heteroatoms. The van der Waals surface area contributed by atoms with Crippen LogP contribution in [0.1, 0.15) is 12.5 Å². The quantitative estimate of drug-likeness (QED) is 0.293. The van der Waals surface area contributed by atoms with Crippen LogP contribution in [0.4, 0.5) is 5.69 Å². The maximum absolute atomic E-state index is 12.6. The lowest BCUT2D eigenvalue weighted by Gasteiger charge is -2.11. The molecule has 2 aromatic carbocycles. The minimum absolute atomic E-state index is 0.0125. The van der Waals surface area contributed by atoms with Crippen LogP contribution in [0.25, 0.3) is 5.76 Å². The summed E-state index contributed by atoms with van der Waals surface area (Å²) < 4.78 is 27.4. The number of benzene rings is 2. The fraction of sp³-hybridized carbons (Fsp3) is 0.0588. The van der Waals surface area contributed by atoms with E-state index in [-0.39, 0.29) is 31.2 Å². The molecule has 0 amide bonds. The summed E-state index contributed by atoms with van der Waals surface area (Å²) in [7, 11) is -4.11. The summed E-state index contributed by atoms with van der Waals surface area (Å²) in [4.78, 5) is 22.1. The van der Waals surface area contributed by atoms with Gasteiger partial charge in [-0.05, 0) is 24.3 Å². The lowest BCUT2D eigenvalue weighted by Crippen LogP contribution is -2.13. The molecule has 0 atom stereocenters. The minimum atomic E-state index is -4.11. The van der Waals surface area contributed by atoms with Crippen LogP contribution in [0, 0.1) is 0 Å². The first-order valence-electron chi connectivity index (χ1n) is 7.24. The molecule has 0 saturated carbocycles. The lowest BCUT2D eigenvalue weighted by atomic mass is 10.1. The average molecular weight is 449 g/mol. The van der Waals surface area contributed by atoms with Crippen LogP contribution in [0.5, 0.6) is 0 Å². The van der Waals surface area contributed by atoms with E-state index in [1.165, 1.54) is 30.3 Å². The van der Waals surface area contributed by atoms with Crippen molar-refractivity contribution in [2.45, 2.75) is 11.8 Å². The van der Waals surface area contributed by atoms with Crippen molar-refractivity contribution in [1.29, 1.82) is 0 Å². The van der Waals surface area contributed by atoms with Gasteiger partial charge in [-0.2, -0.15) is 0 Å². The van der Waals surface area contributed by atoms with E-state index in [4.69, 9.17) is 34.8 Å². The summed E-state index contributed by atoms with van der Waals surface area (Å²) in [5.74, 6) is -2.11. The molecule has 0 aliphatic rings. The van der Waals surface area contributed by atoms with E-state index >= 15 is 0 Å². The number of aliphatic hydroxyl groups is 1. The average Bonchev–Trinajstić information content (AvgIpc) is 2.57. The summed E-state index contributed by atoms with van der Waals surface area (Å²) in [6.07, 6.45) is 0.756. The zero-order valence-electron chi connectivity index (χ0n) is 13.7. The molecule has 27 heavy (non-hydrogen) atoms. The Balaban J connectivity index is 2.37. The monoisotopic (exact) mass is 447 g/mol. The molecule has 2 N–H and O–H groups in total. The van der Waals surface area contributed by atoms with Gasteiger partial charge in [0.1, 0.15) is 10.7 Å². The van der Waals surface area contributed by atoms with Crippen molar-refractivity contribution in [3.63, 3.8) is 0 Å². The lowest BCUT2D eigenvalue weighted by molar-refractivity contribution is -0.132. The van der Waals surface area contributed by atoms with E-state index in [1.54, 1.807) is 0 Å². The number of halogens is 3. The number of nitrogens with one attached hydrogen (secondary N) is 1. The predicted molar refractivity (Wildman–Crippen MR) is 105 cm³/mol. The van der Waals surface area contributed by atoms with Crippen molar-refractivity contribution >= 4 is 67.8 Å². The molecule has 0 aromatic heterocycles. The summed E-state index contributed by atoms with van der Waals surface area (Å²) in [5, 5.41) is 9.94. The van der Waals surface area contributed by atoms with Gasteiger partial charge in [0.2, 0.25) is 5.78 Å². The van der Waals surface area contributed by atoms with Crippen LogP contribution in [0.3, 0.4) is 0 Å². The number of hydrogen-bond acceptors (Lipinski definition) is 5. The highest BCUT2D eigenvalue weighted by molar-refractivity contribution is 7.92. The molecular weight excluding hydrogens is 437 g/mol. The first kappa shape index (κ1) is 21.2. The molecule has 0 radical (unpaired) electrons. The molecule has 0 fully saturated rings. The molecular formula is C17H12Cl3NO5S. The van der Waals surface area contributed by atoms with Crippen LogP contribution in [0.15, 0.2) is 47.4 Å². The smallest absolute Gasteiger partial charge is 0.263 e. The van der Waals surface area contributed by atoms with Gasteiger partial charge in [-0.25, -0.2) is 8.42 Å². The first-order chi connectivity index (χ1) is 12.5. The second kappa shape index (κ2) is 8.31. The topological polar surface area (TPSA) is 101 Å². The molecule has 0 spiro atoms. The molecule has 2 rings (SSSR count). The number of rotatable bonds is 6. The second-order valence-electron chi connectivity index (χ2n) is 5.33. The Morgan fingerprint density at radius 3 is 2.30 bits per heavy atom. The molecule has 0 aliphatic carbocycles. The number of aliphatic hydroxyl groups excluding tert-OH is 1. The highest BCUT2D eigenvalue weighted by Crippen LogP contribution is 2.32. The van der Waals surface area contributed by atoms with Crippen LogP contribution in [0.2, 0.25) is 15.1 Å². The van der Waals surface area contributed by atoms with E-state index in [2.05, 4.69) is 4.72 Å². The van der Waals surface area contributed by atoms with Crippen LogP contribution in [-0.2, 0) is 19.6 Å². The number of hydrogen-bond donors (Lipinski definition) is 2. The third kappa shape index (κ3) is 5.23. The van der Waals surface area contributed by atoms with Crippen LogP contribution in [-0.4, -0.2) is 25.1 Å². The number of ketones is 2. The van der Waals surface area contributed by atoms with E-state index in [0.29, 0.717) is 0 Å². The van der Waals surface area contributed by atoms with Gasteiger partial charge in [0.25, 0.3) is 10.0 Å². The van der Waals surface area contributed by atoms with E-state index < -0.39 is 27.3 Å². The van der Waals surface area contributed by atoms with Crippen molar-refractivity contribution in [1.82, 2.24) is 0 Å². The van der Waals surface area contributed by atoms with Gasteiger partial charge in [-0.15, -0.1) is 0 Å². The third-order valence-electron chi connectivity index (χ3n) is 3.29. The number of allylic oxidation sites excluding steroid dienone is 1. The van der Waals surface area contributed by atoms with Gasteiger partial charge in [0.15, 0.2) is 5.78 Å². The van der Waals surface area contributed by atoms with E-state index in [9.17, 15) is 23.1 Å². The SMILES string of the molecule is CC(=O)C(=O)/C=C(\O)c1cccc(NS(=O)(=O)c2cc(Cl)c(Cl)cc2Cl)c1. The maximum atomic E-state index is 12.6. The third-order valence-corrected chi connectivity index (χ3v) is 5.86. The largest absolute Gasteiger partial charge is 0.507 e. The highest BCUT2D eigenvalue weighted by atomic mass is 35.5. The predicted octanol–water partition coefficient (Wildman–Crippen LogP) is 4.50. The fourth-order valence-electron chi connectivity index (χ4n) is 1.97. The number of carbonyl (C=O) groups excluding carboxylic acids is 2. The Kier molecular flexibility index (Phi) is 6.54. The Hall–Kier alpha value is -2.06. The molecule has 0 bridgehead atoms. The van der Waals surface area contributed by atoms with Gasteiger partial charge < -0.3 is 5.11 Å². The molecule has 142 valence electrons. The number of sulfonamides is 1. The van der Waals surface area contributed by atoms with Crippen molar-refractivity contribution < 1.29 is 23.1 Å². The van der Waals surface area contributed by atoms with Gasteiger partial charge >= 0.3 is 0 Å². The number of carbonyl (C=O) groups is 2. The Labute approximate surface area is 170 Å². The standard InChI is InChI=1S/C17H12Cl3NO5S/c1-9(22)15(23)8-16(24)10-3-2-4-11(5-10)21-27(25,26)17-7-13(19)12(18)6-14(17)20/h2-8,21,24H,1H3/b16-8-. The van der Waals surface area contributed by atoms with Crippen LogP contribution < -0.4 is 4.72 Å². The van der Waals surface area contributed by atoms with Crippen molar-refractivity contribution in [2.75, 3.05) is 4.72 Å². The van der Waals surface area contributed by atoms with Gasteiger partial charge in [0.05, 0.1) is 15.1 Å².